The van der Waals surface area contributed by atoms with Crippen molar-refractivity contribution in [2.24, 2.45) is 0 Å². The van der Waals surface area contributed by atoms with Crippen LogP contribution in [0.25, 0.3) is 0 Å². The van der Waals surface area contributed by atoms with E-state index in [2.05, 4.69) is 11.4 Å². The third-order valence-corrected chi connectivity index (χ3v) is 5.78. The topological polar surface area (TPSA) is 90.3 Å². The Hall–Kier alpha value is -2.98. The Morgan fingerprint density at radius 1 is 1.19 bits per heavy atom. The SMILES string of the molecule is Cc1ccc2c(c1)C(=O)N(CCCC(=O)Nc1sc(C)c(C)c1C#N)C2=O. The Bertz CT molecular complexity index is 1000. The summed E-state index contributed by atoms with van der Waals surface area (Å²) in [5.74, 6) is -0.859. The van der Waals surface area contributed by atoms with Crippen LogP contribution in [0, 0.1) is 32.1 Å². The minimum absolute atomic E-state index is 0.160. The number of amides is 3. The zero-order valence-electron chi connectivity index (χ0n) is 15.4. The van der Waals surface area contributed by atoms with Crippen LogP contribution < -0.4 is 5.32 Å². The summed E-state index contributed by atoms with van der Waals surface area (Å²) < 4.78 is 0. The van der Waals surface area contributed by atoms with Crippen molar-refractivity contribution >= 4 is 34.1 Å². The molecule has 3 amide bonds. The molecular formula is C20H19N3O3S. The maximum atomic E-state index is 12.4. The van der Waals surface area contributed by atoms with Crippen molar-refractivity contribution in [1.29, 1.82) is 5.26 Å². The molecule has 0 radical (unpaired) electrons. The molecule has 6 nitrogen and oxygen atoms in total. The van der Waals surface area contributed by atoms with Gasteiger partial charge in [0.25, 0.3) is 11.8 Å². The van der Waals surface area contributed by atoms with E-state index >= 15 is 0 Å². The quantitative estimate of drug-likeness (QED) is 0.802. The number of carbonyl (C=O) groups excluding carboxylic acids is 3. The largest absolute Gasteiger partial charge is 0.317 e. The third kappa shape index (κ3) is 3.49. The van der Waals surface area contributed by atoms with Crippen molar-refractivity contribution in [2.45, 2.75) is 33.6 Å². The zero-order chi connectivity index (χ0) is 19.7. The molecule has 0 saturated carbocycles. The summed E-state index contributed by atoms with van der Waals surface area (Å²) in [6, 6.07) is 7.30. The molecule has 0 atom stereocenters. The Balaban J connectivity index is 1.59. The van der Waals surface area contributed by atoms with E-state index in [1.165, 1.54) is 16.2 Å². The minimum atomic E-state index is -0.313. The molecule has 3 rings (SSSR count). The molecule has 0 bridgehead atoms. The number of benzene rings is 1. The maximum absolute atomic E-state index is 12.4. The number of carbonyl (C=O) groups is 3. The zero-order valence-corrected chi connectivity index (χ0v) is 16.2. The number of hydrogen-bond acceptors (Lipinski definition) is 5. The highest BCUT2D eigenvalue weighted by Gasteiger charge is 2.34. The van der Waals surface area contributed by atoms with Crippen LogP contribution in [0.1, 0.15) is 55.1 Å². The van der Waals surface area contributed by atoms with Crippen molar-refractivity contribution in [3.8, 4) is 6.07 Å². The second-order valence-corrected chi connectivity index (χ2v) is 7.79. The first kappa shape index (κ1) is 18.8. The lowest BCUT2D eigenvalue weighted by atomic mass is 10.1. The maximum Gasteiger partial charge on any atom is 0.261 e. The lowest BCUT2D eigenvalue weighted by Crippen LogP contribution is -2.31. The lowest BCUT2D eigenvalue weighted by molar-refractivity contribution is -0.116. The van der Waals surface area contributed by atoms with Gasteiger partial charge in [-0.1, -0.05) is 11.6 Å². The average molecular weight is 381 g/mol. The van der Waals surface area contributed by atoms with E-state index in [4.69, 9.17) is 0 Å². The summed E-state index contributed by atoms with van der Waals surface area (Å²) in [6.45, 7) is 5.81. The monoisotopic (exact) mass is 381 g/mol. The summed E-state index contributed by atoms with van der Waals surface area (Å²) in [5.41, 5.74) is 3.12. The fourth-order valence-electron chi connectivity index (χ4n) is 3.04. The van der Waals surface area contributed by atoms with E-state index in [1.807, 2.05) is 20.8 Å². The number of hydrogen-bond donors (Lipinski definition) is 1. The highest BCUT2D eigenvalue weighted by atomic mass is 32.1. The Kier molecular flexibility index (Phi) is 5.10. The number of nitrogens with zero attached hydrogens (tertiary/aromatic N) is 2. The van der Waals surface area contributed by atoms with Crippen LogP contribution in [0.2, 0.25) is 0 Å². The van der Waals surface area contributed by atoms with Gasteiger partial charge in [-0.25, -0.2) is 0 Å². The van der Waals surface area contributed by atoms with E-state index < -0.39 is 0 Å². The Morgan fingerprint density at radius 2 is 1.89 bits per heavy atom. The summed E-state index contributed by atoms with van der Waals surface area (Å²) >= 11 is 1.37. The molecule has 0 spiro atoms. The van der Waals surface area contributed by atoms with Crippen LogP contribution in [0.4, 0.5) is 5.00 Å². The predicted molar refractivity (Wildman–Crippen MR) is 103 cm³/mol. The molecule has 2 heterocycles. The Morgan fingerprint density at radius 3 is 2.59 bits per heavy atom. The fraction of sp³-hybridized carbons (Fsp3) is 0.300. The van der Waals surface area contributed by atoms with Crippen LogP contribution in [0.5, 0.6) is 0 Å². The van der Waals surface area contributed by atoms with E-state index in [1.54, 1.807) is 18.2 Å². The van der Waals surface area contributed by atoms with E-state index in [9.17, 15) is 19.6 Å². The average Bonchev–Trinajstić information content (AvgIpc) is 3.02. The van der Waals surface area contributed by atoms with Crippen molar-refractivity contribution in [1.82, 2.24) is 4.90 Å². The predicted octanol–water partition coefficient (Wildman–Crippen LogP) is 3.56. The number of thiophene rings is 1. The molecule has 1 aliphatic heterocycles. The minimum Gasteiger partial charge on any atom is -0.317 e. The van der Waals surface area contributed by atoms with E-state index in [0.717, 1.165) is 16.0 Å². The third-order valence-electron chi connectivity index (χ3n) is 4.66. The van der Waals surface area contributed by atoms with Gasteiger partial charge in [0.1, 0.15) is 11.1 Å². The van der Waals surface area contributed by atoms with Crippen LogP contribution in [0.15, 0.2) is 18.2 Å². The number of nitrogens with one attached hydrogen (secondary N) is 1. The molecule has 1 N–H and O–H groups in total. The summed E-state index contributed by atoms with van der Waals surface area (Å²) in [4.78, 5) is 39.2. The van der Waals surface area contributed by atoms with Gasteiger partial charge in [0, 0.05) is 17.8 Å². The molecule has 138 valence electrons. The second kappa shape index (κ2) is 7.33. The molecule has 0 saturated heterocycles. The number of nitriles is 1. The van der Waals surface area contributed by atoms with Crippen molar-refractivity contribution in [3.63, 3.8) is 0 Å². The van der Waals surface area contributed by atoms with Gasteiger partial charge in [0.15, 0.2) is 0 Å². The molecule has 1 aliphatic rings. The molecule has 0 fully saturated rings. The number of anilines is 1. The number of rotatable bonds is 5. The van der Waals surface area contributed by atoms with Crippen LogP contribution in [-0.4, -0.2) is 29.2 Å². The fourth-order valence-corrected chi connectivity index (χ4v) is 4.07. The smallest absolute Gasteiger partial charge is 0.261 e. The summed E-state index contributed by atoms with van der Waals surface area (Å²) in [5, 5.41) is 12.5. The number of imide groups is 1. The first-order valence-electron chi connectivity index (χ1n) is 8.60. The van der Waals surface area contributed by atoms with Gasteiger partial charge in [0.2, 0.25) is 5.91 Å². The second-order valence-electron chi connectivity index (χ2n) is 6.56. The van der Waals surface area contributed by atoms with Gasteiger partial charge >= 0.3 is 0 Å². The Labute approximate surface area is 161 Å². The molecule has 27 heavy (non-hydrogen) atoms. The van der Waals surface area contributed by atoms with Crippen molar-refractivity contribution in [3.05, 3.63) is 50.9 Å². The number of aryl methyl sites for hydroxylation is 2. The molecule has 7 heteroatoms. The van der Waals surface area contributed by atoms with Gasteiger partial charge < -0.3 is 5.32 Å². The molecule has 1 aromatic carbocycles. The first-order chi connectivity index (χ1) is 12.8. The normalized spacial score (nSPS) is 12.9. The number of fused-ring (bicyclic) bond motifs is 1. The molecular weight excluding hydrogens is 362 g/mol. The van der Waals surface area contributed by atoms with Gasteiger partial charge in [0.05, 0.1) is 16.7 Å². The van der Waals surface area contributed by atoms with Crippen LogP contribution in [0.3, 0.4) is 0 Å². The summed E-state index contributed by atoms with van der Waals surface area (Å²) in [6.07, 6.45) is 0.523. The molecule has 1 aromatic heterocycles. The highest BCUT2D eigenvalue weighted by molar-refractivity contribution is 7.16. The standard InChI is InChI=1S/C20H19N3O3S/c1-11-6-7-14-15(9-11)20(26)23(19(14)25)8-4-5-17(24)22-18-16(10-21)12(2)13(3)27-18/h6-7,9H,4-5,8H2,1-3H3,(H,22,24). The summed E-state index contributed by atoms with van der Waals surface area (Å²) in [7, 11) is 0. The van der Waals surface area contributed by atoms with Crippen molar-refractivity contribution < 1.29 is 14.4 Å². The highest BCUT2D eigenvalue weighted by Crippen LogP contribution is 2.31. The van der Waals surface area contributed by atoms with E-state index in [-0.39, 0.29) is 30.7 Å². The molecule has 0 aliphatic carbocycles. The molecule has 0 unspecified atom stereocenters. The molecule has 2 aromatic rings. The van der Waals surface area contributed by atoms with Gasteiger partial charge in [-0.15, -0.1) is 11.3 Å². The van der Waals surface area contributed by atoms with Crippen molar-refractivity contribution in [2.75, 3.05) is 11.9 Å². The van der Waals surface area contributed by atoms with Crippen LogP contribution >= 0.6 is 11.3 Å². The van der Waals surface area contributed by atoms with E-state index in [0.29, 0.717) is 28.1 Å². The van der Waals surface area contributed by atoms with Gasteiger partial charge in [-0.3, -0.25) is 19.3 Å². The van der Waals surface area contributed by atoms with Crippen LogP contribution in [-0.2, 0) is 4.79 Å². The van der Waals surface area contributed by atoms with Gasteiger partial charge in [-0.05, 0) is 44.9 Å². The first-order valence-corrected chi connectivity index (χ1v) is 9.42. The van der Waals surface area contributed by atoms with Gasteiger partial charge in [-0.2, -0.15) is 5.26 Å². The lowest BCUT2D eigenvalue weighted by Gasteiger charge is -2.13.